The minimum absolute atomic E-state index is 0.195. The Labute approximate surface area is 109 Å². The monoisotopic (exact) mass is 270 g/mol. The number of ether oxygens (including phenoxy) is 2. The van der Waals surface area contributed by atoms with Gasteiger partial charge in [-0.25, -0.2) is 4.39 Å². The number of benzene rings is 1. The topological polar surface area (TPSA) is 73.6 Å². The molecule has 1 saturated heterocycles. The normalized spacial score (nSPS) is 21.3. The van der Waals surface area contributed by atoms with Gasteiger partial charge in [0, 0.05) is 6.54 Å². The van der Waals surface area contributed by atoms with Crippen molar-refractivity contribution in [1.29, 1.82) is 0 Å². The van der Waals surface area contributed by atoms with Gasteiger partial charge in [-0.1, -0.05) is 0 Å². The van der Waals surface area contributed by atoms with Crippen LogP contribution in [0.25, 0.3) is 0 Å². The zero-order valence-electron chi connectivity index (χ0n) is 10.7. The molecule has 1 fully saturated rings. The summed E-state index contributed by atoms with van der Waals surface area (Å²) < 4.78 is 23.9. The van der Waals surface area contributed by atoms with E-state index in [4.69, 9.17) is 9.47 Å². The van der Waals surface area contributed by atoms with Crippen LogP contribution < -0.4 is 5.32 Å². The summed E-state index contributed by atoms with van der Waals surface area (Å²) in [5.41, 5.74) is -0.0297. The molecule has 1 aromatic carbocycles. The molecule has 0 aromatic heterocycles. The Morgan fingerprint density at radius 1 is 1.58 bits per heavy atom. The predicted octanol–water partition coefficient (Wildman–Crippen LogP) is 2.30. The van der Waals surface area contributed by atoms with E-state index < -0.39 is 16.5 Å². The molecule has 1 aliphatic rings. The number of nitro benzene ring substituents is 1. The van der Waals surface area contributed by atoms with Gasteiger partial charge in [0.2, 0.25) is 0 Å². The first-order valence-electron chi connectivity index (χ1n) is 5.87. The highest BCUT2D eigenvalue weighted by atomic mass is 19.1. The second kappa shape index (κ2) is 5.10. The summed E-state index contributed by atoms with van der Waals surface area (Å²) >= 11 is 0. The standard InChI is InChI=1S/C12H15FN2O4/c1-12(2)18-7-9(19-12)6-14-10-4-3-8(13)5-11(10)15(16)17/h3-5,9,14H,6-7H2,1-2H3. The van der Waals surface area contributed by atoms with Gasteiger partial charge < -0.3 is 14.8 Å². The van der Waals surface area contributed by atoms with Crippen molar-refractivity contribution in [3.63, 3.8) is 0 Å². The average molecular weight is 270 g/mol. The highest BCUT2D eigenvalue weighted by Gasteiger charge is 2.32. The maximum Gasteiger partial charge on any atom is 0.295 e. The van der Waals surface area contributed by atoms with Crippen LogP contribution >= 0.6 is 0 Å². The third-order valence-corrected chi connectivity index (χ3v) is 2.74. The number of hydrogen-bond donors (Lipinski definition) is 1. The molecule has 1 unspecified atom stereocenters. The summed E-state index contributed by atoms with van der Waals surface area (Å²) in [4.78, 5) is 10.2. The number of nitro groups is 1. The molecule has 1 N–H and O–H groups in total. The van der Waals surface area contributed by atoms with Gasteiger partial charge in [-0.15, -0.1) is 0 Å². The Bertz CT molecular complexity index is 493. The van der Waals surface area contributed by atoms with Gasteiger partial charge >= 0.3 is 0 Å². The third kappa shape index (κ3) is 3.39. The molecule has 0 aliphatic carbocycles. The quantitative estimate of drug-likeness (QED) is 0.671. The van der Waals surface area contributed by atoms with E-state index in [9.17, 15) is 14.5 Å². The molecular weight excluding hydrogens is 255 g/mol. The van der Waals surface area contributed by atoms with E-state index in [2.05, 4.69) is 5.32 Å². The van der Waals surface area contributed by atoms with Gasteiger partial charge in [0.05, 0.1) is 17.6 Å². The van der Waals surface area contributed by atoms with E-state index in [0.29, 0.717) is 13.2 Å². The van der Waals surface area contributed by atoms with Crippen molar-refractivity contribution >= 4 is 11.4 Å². The van der Waals surface area contributed by atoms with E-state index in [1.165, 1.54) is 12.1 Å². The number of nitrogens with one attached hydrogen (secondary N) is 1. The minimum atomic E-state index is -0.640. The van der Waals surface area contributed by atoms with Gasteiger partial charge in [-0.3, -0.25) is 10.1 Å². The van der Waals surface area contributed by atoms with Crippen molar-refractivity contribution in [2.45, 2.75) is 25.7 Å². The second-order valence-corrected chi connectivity index (χ2v) is 4.75. The molecule has 1 aromatic rings. The summed E-state index contributed by atoms with van der Waals surface area (Å²) in [6.45, 7) is 4.37. The summed E-state index contributed by atoms with van der Waals surface area (Å²) in [5, 5.41) is 13.7. The zero-order chi connectivity index (χ0) is 14.0. The van der Waals surface area contributed by atoms with Crippen LogP contribution in [0.1, 0.15) is 13.8 Å². The number of nitrogens with zero attached hydrogens (tertiary/aromatic N) is 1. The maximum atomic E-state index is 13.0. The van der Waals surface area contributed by atoms with Crippen molar-refractivity contribution < 1.29 is 18.8 Å². The van der Waals surface area contributed by atoms with Crippen LogP contribution in [0, 0.1) is 15.9 Å². The largest absolute Gasteiger partial charge is 0.377 e. The van der Waals surface area contributed by atoms with Crippen LogP contribution in [0.15, 0.2) is 18.2 Å². The van der Waals surface area contributed by atoms with Crippen molar-refractivity contribution in [2.75, 3.05) is 18.5 Å². The zero-order valence-corrected chi connectivity index (χ0v) is 10.7. The summed E-state index contributed by atoms with van der Waals surface area (Å²) in [6, 6.07) is 3.40. The molecular formula is C12H15FN2O4. The molecule has 0 spiro atoms. The van der Waals surface area contributed by atoms with Crippen molar-refractivity contribution in [2.24, 2.45) is 0 Å². The lowest BCUT2D eigenvalue weighted by Crippen LogP contribution is -2.26. The van der Waals surface area contributed by atoms with Gasteiger partial charge in [-0.05, 0) is 26.0 Å². The predicted molar refractivity (Wildman–Crippen MR) is 66.4 cm³/mol. The Morgan fingerprint density at radius 2 is 2.32 bits per heavy atom. The number of anilines is 1. The lowest BCUT2D eigenvalue weighted by atomic mass is 10.2. The summed E-state index contributed by atoms with van der Waals surface area (Å²) in [7, 11) is 0. The van der Waals surface area contributed by atoms with E-state index in [0.717, 1.165) is 6.07 Å². The fraction of sp³-hybridized carbons (Fsp3) is 0.500. The van der Waals surface area contributed by atoms with Crippen LogP contribution in [0.4, 0.5) is 15.8 Å². The van der Waals surface area contributed by atoms with E-state index in [1.54, 1.807) is 13.8 Å². The van der Waals surface area contributed by atoms with Crippen molar-refractivity contribution in [1.82, 2.24) is 0 Å². The van der Waals surface area contributed by atoms with Crippen LogP contribution in [0.3, 0.4) is 0 Å². The van der Waals surface area contributed by atoms with Gasteiger partial charge in [-0.2, -0.15) is 0 Å². The molecule has 7 heteroatoms. The molecule has 1 aliphatic heterocycles. The molecule has 6 nitrogen and oxygen atoms in total. The highest BCUT2D eigenvalue weighted by Crippen LogP contribution is 2.27. The van der Waals surface area contributed by atoms with Gasteiger partial charge in [0.15, 0.2) is 5.79 Å². The van der Waals surface area contributed by atoms with Crippen molar-refractivity contribution in [3.8, 4) is 0 Å². The van der Waals surface area contributed by atoms with Crippen LogP contribution in [-0.4, -0.2) is 30.0 Å². The molecule has 0 bridgehead atoms. The smallest absolute Gasteiger partial charge is 0.295 e. The Hall–Kier alpha value is -1.73. The number of hydrogen-bond acceptors (Lipinski definition) is 5. The first kappa shape index (κ1) is 13.7. The first-order chi connectivity index (χ1) is 8.87. The molecule has 104 valence electrons. The number of halogens is 1. The molecule has 0 saturated carbocycles. The van der Waals surface area contributed by atoms with Gasteiger partial charge in [0.25, 0.3) is 5.69 Å². The number of rotatable bonds is 4. The molecule has 0 radical (unpaired) electrons. The maximum absolute atomic E-state index is 13.0. The van der Waals surface area contributed by atoms with Crippen molar-refractivity contribution in [3.05, 3.63) is 34.1 Å². The SMILES string of the molecule is CC1(C)OCC(CNc2ccc(F)cc2[N+](=O)[O-])O1. The van der Waals surface area contributed by atoms with E-state index in [1.807, 2.05) is 0 Å². The minimum Gasteiger partial charge on any atom is -0.377 e. The molecule has 0 amide bonds. The summed E-state index contributed by atoms with van der Waals surface area (Å²) in [5.74, 6) is -1.28. The lowest BCUT2D eigenvalue weighted by molar-refractivity contribution is -0.384. The first-order valence-corrected chi connectivity index (χ1v) is 5.87. The highest BCUT2D eigenvalue weighted by molar-refractivity contribution is 5.61. The Balaban J connectivity index is 2.02. The van der Waals surface area contributed by atoms with Crippen LogP contribution in [0.5, 0.6) is 0 Å². The molecule has 2 rings (SSSR count). The van der Waals surface area contributed by atoms with Gasteiger partial charge in [0.1, 0.15) is 17.6 Å². The third-order valence-electron chi connectivity index (χ3n) is 2.74. The average Bonchev–Trinajstić information content (AvgIpc) is 2.67. The second-order valence-electron chi connectivity index (χ2n) is 4.75. The van der Waals surface area contributed by atoms with E-state index in [-0.39, 0.29) is 17.5 Å². The fourth-order valence-corrected chi connectivity index (χ4v) is 1.89. The molecule has 1 heterocycles. The van der Waals surface area contributed by atoms with Crippen LogP contribution in [0.2, 0.25) is 0 Å². The van der Waals surface area contributed by atoms with E-state index >= 15 is 0 Å². The molecule has 19 heavy (non-hydrogen) atoms. The molecule has 1 atom stereocenters. The fourth-order valence-electron chi connectivity index (χ4n) is 1.89. The van der Waals surface area contributed by atoms with Crippen LogP contribution in [-0.2, 0) is 9.47 Å². The Morgan fingerprint density at radius 3 is 2.89 bits per heavy atom. The Kier molecular flexibility index (Phi) is 3.68. The summed E-state index contributed by atoms with van der Waals surface area (Å²) in [6.07, 6.45) is -0.195. The lowest BCUT2D eigenvalue weighted by Gasteiger charge is -2.17.